The van der Waals surface area contributed by atoms with Crippen LogP contribution in [-0.4, -0.2) is 42.6 Å². The van der Waals surface area contributed by atoms with Gasteiger partial charge in [0.15, 0.2) is 17.2 Å². The van der Waals surface area contributed by atoms with E-state index in [1.807, 2.05) is 0 Å². The number of fused-ring (bicyclic) bond motifs is 1. The van der Waals surface area contributed by atoms with E-state index >= 15 is 0 Å². The van der Waals surface area contributed by atoms with E-state index in [0.717, 1.165) is 4.68 Å². The quantitative estimate of drug-likeness (QED) is 0.216. The number of carbonyl (C=O) groups excluding carboxylic acids is 2. The molecule has 14 heteroatoms. The van der Waals surface area contributed by atoms with Gasteiger partial charge in [0.1, 0.15) is 11.6 Å². The number of halogens is 5. The summed E-state index contributed by atoms with van der Waals surface area (Å²) in [5, 5.41) is 3.14. The Kier molecular flexibility index (Phi) is 7.93. The van der Waals surface area contributed by atoms with Crippen molar-refractivity contribution in [3.8, 4) is 23.1 Å². The smallest absolute Gasteiger partial charge is 0.436 e. The molecule has 42 heavy (non-hydrogen) atoms. The van der Waals surface area contributed by atoms with Crippen molar-refractivity contribution >= 4 is 40.8 Å². The predicted molar refractivity (Wildman–Crippen MR) is 146 cm³/mol. The lowest BCUT2D eigenvalue weighted by molar-refractivity contribution is -0.141. The van der Waals surface area contributed by atoms with Crippen LogP contribution in [-0.2, 0) is 17.5 Å². The van der Waals surface area contributed by atoms with E-state index in [1.165, 1.54) is 61.5 Å². The second-order valence-corrected chi connectivity index (χ2v) is 9.71. The average molecular weight is 622 g/mol. The molecule has 0 N–H and O–H groups in total. The maximum Gasteiger partial charge on any atom is 0.436 e. The van der Waals surface area contributed by atoms with E-state index in [9.17, 15) is 22.8 Å². The summed E-state index contributed by atoms with van der Waals surface area (Å²) in [6, 6.07) is 14.9. The van der Waals surface area contributed by atoms with Crippen LogP contribution in [0.25, 0.3) is 5.69 Å². The average Bonchev–Trinajstić information content (AvgIpc) is 3.58. The molecule has 0 saturated heterocycles. The highest BCUT2D eigenvalue weighted by Crippen LogP contribution is 2.42. The monoisotopic (exact) mass is 621 g/mol. The van der Waals surface area contributed by atoms with Crippen molar-refractivity contribution in [3.63, 3.8) is 0 Å². The third kappa shape index (κ3) is 5.68. The first-order valence-corrected chi connectivity index (χ1v) is 12.9. The highest BCUT2D eigenvalue weighted by Gasteiger charge is 2.40. The van der Waals surface area contributed by atoms with E-state index in [0.29, 0.717) is 22.7 Å². The van der Waals surface area contributed by atoms with Crippen LogP contribution in [0.15, 0.2) is 60.7 Å². The number of methoxy groups -OCH3 is 1. The molecule has 0 bridgehead atoms. The summed E-state index contributed by atoms with van der Waals surface area (Å²) >= 11 is 12.5. The van der Waals surface area contributed by atoms with Crippen molar-refractivity contribution in [2.75, 3.05) is 25.9 Å². The van der Waals surface area contributed by atoms with Gasteiger partial charge in [0, 0.05) is 24.7 Å². The number of nitrogens with zero attached hydrogens (tertiary/aromatic N) is 3. The second kappa shape index (κ2) is 11.5. The summed E-state index contributed by atoms with van der Waals surface area (Å²) < 4.78 is 63.2. The van der Waals surface area contributed by atoms with Gasteiger partial charge in [-0.3, -0.25) is 4.79 Å². The number of esters is 1. The Labute approximate surface area is 246 Å². The molecule has 1 aliphatic rings. The molecule has 1 aromatic heterocycles. The lowest BCUT2D eigenvalue weighted by Gasteiger charge is -2.20. The molecule has 0 aliphatic carbocycles. The van der Waals surface area contributed by atoms with Crippen LogP contribution < -0.4 is 19.1 Å². The molecule has 1 aliphatic heterocycles. The molecule has 218 valence electrons. The molecule has 3 aromatic carbocycles. The van der Waals surface area contributed by atoms with E-state index in [4.69, 9.17) is 37.4 Å². The van der Waals surface area contributed by atoms with Gasteiger partial charge in [-0.15, -0.1) is 0 Å². The minimum atomic E-state index is -4.88. The minimum Gasteiger partial charge on any atom is -0.472 e. The number of aromatic nitrogens is 2. The van der Waals surface area contributed by atoms with Crippen LogP contribution >= 0.6 is 23.2 Å². The number of ether oxygens (including phenoxy) is 4. The SMILES string of the molecule is COC(=O)c1ccc(COc2c(Cl)c(C(F)(F)F)nn2-c2cccc(C(=O)N(C)c3cc4c(cc3Cl)OCO4)c2)cc1. The Morgan fingerprint density at radius 1 is 1.02 bits per heavy atom. The van der Waals surface area contributed by atoms with E-state index in [1.54, 1.807) is 18.2 Å². The third-order valence-corrected chi connectivity index (χ3v) is 6.90. The normalized spacial score (nSPS) is 12.3. The van der Waals surface area contributed by atoms with Gasteiger partial charge in [-0.25, -0.2) is 4.79 Å². The number of hydrogen-bond acceptors (Lipinski definition) is 7. The van der Waals surface area contributed by atoms with Gasteiger partial charge in [0.05, 0.1) is 29.1 Å². The second-order valence-electron chi connectivity index (χ2n) is 8.93. The fourth-order valence-electron chi connectivity index (χ4n) is 4.11. The number of carbonyl (C=O) groups is 2. The van der Waals surface area contributed by atoms with Gasteiger partial charge in [-0.1, -0.05) is 41.4 Å². The standard InChI is InChI=1S/C28H20Cl2F3N3O6/c1-35(20-12-22-21(11-19(20)29)41-14-42-22)25(37)17-4-3-5-18(10-17)36-26(23(30)24(34-36)28(31,32)33)40-13-15-6-8-16(9-7-15)27(38)39-2/h3-12H,13-14H2,1-2H3. The van der Waals surface area contributed by atoms with Crippen molar-refractivity contribution in [1.29, 1.82) is 0 Å². The highest BCUT2D eigenvalue weighted by molar-refractivity contribution is 6.34. The summed E-state index contributed by atoms with van der Waals surface area (Å²) in [7, 11) is 2.73. The third-order valence-electron chi connectivity index (χ3n) is 6.25. The molecule has 0 saturated carbocycles. The zero-order valence-electron chi connectivity index (χ0n) is 21.9. The molecule has 0 unspecified atom stereocenters. The molecule has 2 heterocycles. The molecule has 5 rings (SSSR count). The molecule has 4 aromatic rings. The predicted octanol–water partition coefficient (Wildman–Crippen LogP) is 6.57. The summed E-state index contributed by atoms with van der Waals surface area (Å²) in [4.78, 5) is 26.3. The maximum absolute atomic E-state index is 13.8. The van der Waals surface area contributed by atoms with E-state index in [-0.39, 0.29) is 35.2 Å². The van der Waals surface area contributed by atoms with Crippen molar-refractivity contribution in [2.24, 2.45) is 0 Å². The van der Waals surface area contributed by atoms with Crippen molar-refractivity contribution < 1.29 is 41.7 Å². The number of rotatable bonds is 7. The van der Waals surface area contributed by atoms with Gasteiger partial charge in [0.2, 0.25) is 12.7 Å². The zero-order chi connectivity index (χ0) is 30.2. The molecule has 1 amide bonds. The van der Waals surface area contributed by atoms with Crippen LogP contribution in [0.1, 0.15) is 32.0 Å². The number of alkyl halides is 3. The van der Waals surface area contributed by atoms with Gasteiger partial charge in [-0.2, -0.15) is 23.0 Å². The number of benzene rings is 3. The summed E-state index contributed by atoms with van der Waals surface area (Å²) in [6.45, 7) is -0.182. The zero-order valence-corrected chi connectivity index (χ0v) is 23.4. The van der Waals surface area contributed by atoms with Crippen molar-refractivity contribution in [1.82, 2.24) is 9.78 Å². The van der Waals surface area contributed by atoms with Gasteiger partial charge >= 0.3 is 12.1 Å². The van der Waals surface area contributed by atoms with Crippen LogP contribution in [0.2, 0.25) is 10.0 Å². The number of anilines is 1. The summed E-state index contributed by atoms with van der Waals surface area (Å²) in [5.41, 5.74) is -0.00247. The van der Waals surface area contributed by atoms with Crippen LogP contribution in [0.3, 0.4) is 0 Å². The lowest BCUT2D eigenvalue weighted by Crippen LogP contribution is -2.26. The minimum absolute atomic E-state index is 0.0182. The first-order chi connectivity index (χ1) is 20.0. The first kappa shape index (κ1) is 29.1. The summed E-state index contributed by atoms with van der Waals surface area (Å²) in [6.07, 6.45) is -4.88. The molecular weight excluding hydrogens is 602 g/mol. The topological polar surface area (TPSA) is 92.1 Å². The van der Waals surface area contributed by atoms with E-state index in [2.05, 4.69) is 9.84 Å². The molecule has 0 spiro atoms. The van der Waals surface area contributed by atoms with E-state index < -0.39 is 34.6 Å². The molecular formula is C28H20Cl2F3N3O6. The molecule has 0 fully saturated rings. The summed E-state index contributed by atoms with van der Waals surface area (Å²) in [5.74, 6) is -0.595. The van der Waals surface area contributed by atoms with Gasteiger partial charge < -0.3 is 23.8 Å². The van der Waals surface area contributed by atoms with Gasteiger partial charge in [-0.05, 0) is 35.9 Å². The fraction of sp³-hybridized carbons (Fsp3) is 0.179. The highest BCUT2D eigenvalue weighted by atomic mass is 35.5. The lowest BCUT2D eigenvalue weighted by atomic mass is 10.1. The van der Waals surface area contributed by atoms with Crippen LogP contribution in [0.5, 0.6) is 17.4 Å². The Morgan fingerprint density at radius 3 is 2.38 bits per heavy atom. The Bertz CT molecular complexity index is 1670. The number of hydrogen-bond donors (Lipinski definition) is 0. The van der Waals surface area contributed by atoms with Crippen LogP contribution in [0, 0.1) is 0 Å². The van der Waals surface area contributed by atoms with Gasteiger partial charge in [0.25, 0.3) is 5.91 Å². The Hall–Kier alpha value is -4.42. The Morgan fingerprint density at radius 2 is 1.71 bits per heavy atom. The largest absolute Gasteiger partial charge is 0.472 e. The number of amides is 1. The molecule has 9 nitrogen and oxygen atoms in total. The Balaban J connectivity index is 1.46. The maximum atomic E-state index is 13.8. The molecule has 0 radical (unpaired) electrons. The first-order valence-electron chi connectivity index (χ1n) is 12.1. The fourth-order valence-corrected chi connectivity index (χ4v) is 4.67. The molecule has 0 atom stereocenters. The van der Waals surface area contributed by atoms with Crippen molar-refractivity contribution in [2.45, 2.75) is 12.8 Å². The van der Waals surface area contributed by atoms with Crippen molar-refractivity contribution in [3.05, 3.63) is 93.1 Å². The van der Waals surface area contributed by atoms with Crippen LogP contribution in [0.4, 0.5) is 18.9 Å².